The highest BCUT2D eigenvalue weighted by molar-refractivity contribution is 8.00. The average Bonchev–Trinajstić information content (AvgIpc) is 3.06. The number of carbonyl (C=O) groups is 1. The van der Waals surface area contributed by atoms with Gasteiger partial charge in [0.05, 0.1) is 10.8 Å². The first-order valence-electron chi connectivity index (χ1n) is 7.67. The summed E-state index contributed by atoms with van der Waals surface area (Å²) in [7, 11) is 0. The quantitative estimate of drug-likeness (QED) is 0.385. The van der Waals surface area contributed by atoms with Crippen LogP contribution < -0.4 is 5.32 Å². The Morgan fingerprint density at radius 3 is 2.52 bits per heavy atom. The lowest BCUT2D eigenvalue weighted by Gasteiger charge is -2.05. The number of thiazole rings is 1. The van der Waals surface area contributed by atoms with Gasteiger partial charge < -0.3 is 5.32 Å². The van der Waals surface area contributed by atoms with Gasteiger partial charge in [-0.1, -0.05) is 46.4 Å². The first kappa shape index (κ1) is 20.8. The Balaban J connectivity index is 1.57. The molecule has 1 amide bonds. The molecule has 0 aliphatic rings. The fourth-order valence-corrected chi connectivity index (χ4v) is 4.72. The van der Waals surface area contributed by atoms with Crippen LogP contribution >= 0.6 is 69.5 Å². The van der Waals surface area contributed by atoms with Crippen LogP contribution in [-0.2, 0) is 11.2 Å². The smallest absolute Gasteiger partial charge is 0.236 e. The minimum absolute atomic E-state index is 0.169. The third kappa shape index (κ3) is 6.01. The van der Waals surface area contributed by atoms with Crippen LogP contribution in [0.3, 0.4) is 0 Å². The molecule has 1 aromatic heterocycles. The predicted molar refractivity (Wildman–Crippen MR) is 117 cm³/mol. The van der Waals surface area contributed by atoms with Crippen molar-refractivity contribution in [1.29, 1.82) is 0 Å². The number of aromatic nitrogens is 1. The number of nitrogens with one attached hydrogen (secondary N) is 1. The summed E-state index contributed by atoms with van der Waals surface area (Å²) in [5, 5.41) is 5.74. The molecule has 0 aliphatic carbocycles. The lowest BCUT2D eigenvalue weighted by molar-refractivity contribution is -0.113. The molecule has 3 nitrogen and oxygen atoms in total. The molecule has 0 aliphatic heterocycles. The van der Waals surface area contributed by atoms with Crippen LogP contribution in [0.5, 0.6) is 0 Å². The summed E-state index contributed by atoms with van der Waals surface area (Å²) in [6, 6.07) is 10.5. The van der Waals surface area contributed by atoms with Crippen LogP contribution in [0.15, 0.2) is 47.5 Å². The summed E-state index contributed by atoms with van der Waals surface area (Å²) >= 11 is 27.0. The normalized spacial score (nSPS) is 10.8. The monoisotopic (exact) mass is 476 g/mol. The van der Waals surface area contributed by atoms with E-state index in [-0.39, 0.29) is 11.7 Å². The van der Waals surface area contributed by atoms with E-state index in [0.29, 0.717) is 31.6 Å². The molecule has 1 heterocycles. The van der Waals surface area contributed by atoms with Gasteiger partial charge in [0.1, 0.15) is 0 Å². The minimum atomic E-state index is -0.169. The average molecular weight is 478 g/mol. The Hall–Kier alpha value is -0.950. The molecule has 0 fully saturated rings. The summed E-state index contributed by atoms with van der Waals surface area (Å²) in [4.78, 5) is 18.1. The molecular weight excluding hydrogens is 466 g/mol. The topological polar surface area (TPSA) is 42.0 Å². The molecule has 1 N–H and O–H groups in total. The summed E-state index contributed by atoms with van der Waals surface area (Å²) in [6.45, 7) is 0. The van der Waals surface area contributed by atoms with Gasteiger partial charge in [-0.3, -0.25) is 4.79 Å². The summed E-state index contributed by atoms with van der Waals surface area (Å²) in [5.74, 6) is 0.0347. The van der Waals surface area contributed by atoms with E-state index in [0.717, 1.165) is 15.3 Å². The van der Waals surface area contributed by atoms with Crippen LogP contribution in [0.4, 0.5) is 5.13 Å². The molecule has 0 radical (unpaired) electrons. The lowest BCUT2D eigenvalue weighted by Crippen LogP contribution is -2.13. The number of benzene rings is 2. The van der Waals surface area contributed by atoms with Crippen molar-refractivity contribution < 1.29 is 4.79 Å². The van der Waals surface area contributed by atoms with E-state index in [1.54, 1.807) is 36.5 Å². The molecule has 27 heavy (non-hydrogen) atoms. The number of anilines is 1. The van der Waals surface area contributed by atoms with Gasteiger partial charge in [-0.2, -0.15) is 0 Å². The fourth-order valence-electron chi connectivity index (χ4n) is 2.20. The maximum absolute atomic E-state index is 12.2. The lowest BCUT2D eigenvalue weighted by atomic mass is 10.1. The molecule has 140 valence electrons. The van der Waals surface area contributed by atoms with Crippen molar-refractivity contribution in [3.63, 3.8) is 0 Å². The summed E-state index contributed by atoms with van der Waals surface area (Å²) in [6.07, 6.45) is 2.32. The molecule has 2 aromatic carbocycles. The molecule has 9 heteroatoms. The number of rotatable bonds is 6. The third-order valence-corrected chi connectivity index (χ3v) is 6.67. The minimum Gasteiger partial charge on any atom is -0.301 e. The summed E-state index contributed by atoms with van der Waals surface area (Å²) < 4.78 is 0. The van der Waals surface area contributed by atoms with Crippen molar-refractivity contribution in [2.45, 2.75) is 11.3 Å². The van der Waals surface area contributed by atoms with Crippen LogP contribution in [0.25, 0.3) is 0 Å². The van der Waals surface area contributed by atoms with E-state index >= 15 is 0 Å². The molecule has 3 aromatic rings. The highest BCUT2D eigenvalue weighted by atomic mass is 35.5. The van der Waals surface area contributed by atoms with Gasteiger partial charge in [-0.25, -0.2) is 4.98 Å². The van der Waals surface area contributed by atoms with E-state index in [1.807, 2.05) is 6.07 Å². The Morgan fingerprint density at radius 1 is 1.04 bits per heavy atom. The van der Waals surface area contributed by atoms with Gasteiger partial charge in [0.2, 0.25) is 5.91 Å². The zero-order valence-electron chi connectivity index (χ0n) is 13.6. The van der Waals surface area contributed by atoms with Crippen LogP contribution in [0, 0.1) is 0 Å². The highest BCUT2D eigenvalue weighted by Crippen LogP contribution is 2.30. The molecule has 0 spiro atoms. The maximum atomic E-state index is 12.2. The van der Waals surface area contributed by atoms with Crippen LogP contribution in [0.2, 0.25) is 20.1 Å². The van der Waals surface area contributed by atoms with E-state index in [9.17, 15) is 4.79 Å². The SMILES string of the molecule is O=C(CSc1cc(Cl)ccc1Cl)Nc1ncc(Cc2cc(Cl)ccc2Cl)s1. The van der Waals surface area contributed by atoms with Crippen molar-refractivity contribution >= 4 is 80.5 Å². The van der Waals surface area contributed by atoms with Gasteiger partial charge in [-0.05, 0) is 42.0 Å². The molecule has 0 unspecified atom stereocenters. The van der Waals surface area contributed by atoms with E-state index in [2.05, 4.69) is 10.3 Å². The standard InChI is InChI=1S/C18H12Cl4N2OS2/c19-11-1-3-14(21)10(5-11)6-13-8-23-18(27-13)24-17(25)9-26-16-7-12(20)2-4-15(16)22/h1-5,7-8H,6,9H2,(H,23,24,25). The molecule has 0 bridgehead atoms. The highest BCUT2D eigenvalue weighted by Gasteiger charge is 2.11. The number of hydrogen-bond donors (Lipinski definition) is 1. The second-order valence-corrected chi connectivity index (χ2v) is 9.28. The molecule has 0 saturated heterocycles. The van der Waals surface area contributed by atoms with Crippen molar-refractivity contribution in [1.82, 2.24) is 4.98 Å². The first-order valence-corrected chi connectivity index (χ1v) is 11.0. The summed E-state index contributed by atoms with van der Waals surface area (Å²) in [5.41, 5.74) is 0.914. The maximum Gasteiger partial charge on any atom is 0.236 e. The molecule has 0 saturated carbocycles. The number of hydrogen-bond acceptors (Lipinski definition) is 4. The molecular formula is C18H12Cl4N2OS2. The van der Waals surface area contributed by atoms with Gasteiger partial charge in [0.15, 0.2) is 5.13 Å². The molecule has 3 rings (SSSR count). The second-order valence-electron chi connectivity index (χ2n) is 5.46. The van der Waals surface area contributed by atoms with Gasteiger partial charge in [-0.15, -0.1) is 23.1 Å². The van der Waals surface area contributed by atoms with Crippen molar-refractivity contribution in [2.75, 3.05) is 11.1 Å². The second kappa shape index (κ2) is 9.50. The molecule has 0 atom stereocenters. The Labute approximate surface area is 185 Å². The van der Waals surface area contributed by atoms with E-state index in [4.69, 9.17) is 46.4 Å². The van der Waals surface area contributed by atoms with E-state index < -0.39 is 0 Å². The van der Waals surface area contributed by atoms with Gasteiger partial charge in [0, 0.05) is 37.5 Å². The number of amides is 1. The Bertz CT molecular complexity index is 978. The Kier molecular flexibility index (Phi) is 7.31. The zero-order valence-corrected chi connectivity index (χ0v) is 18.3. The van der Waals surface area contributed by atoms with Crippen LogP contribution in [-0.4, -0.2) is 16.6 Å². The zero-order chi connectivity index (χ0) is 19.4. The predicted octanol–water partition coefficient (Wildman–Crippen LogP) is 7.08. The number of halogens is 4. The Morgan fingerprint density at radius 2 is 1.74 bits per heavy atom. The number of thioether (sulfide) groups is 1. The van der Waals surface area contributed by atoms with Crippen molar-refractivity contribution in [3.8, 4) is 0 Å². The van der Waals surface area contributed by atoms with Gasteiger partial charge in [0.25, 0.3) is 0 Å². The van der Waals surface area contributed by atoms with Crippen molar-refractivity contribution in [2.24, 2.45) is 0 Å². The third-order valence-electron chi connectivity index (χ3n) is 3.42. The van der Waals surface area contributed by atoms with Crippen molar-refractivity contribution in [3.05, 3.63) is 73.1 Å². The van der Waals surface area contributed by atoms with E-state index in [1.165, 1.54) is 23.1 Å². The largest absolute Gasteiger partial charge is 0.301 e. The number of nitrogens with zero attached hydrogens (tertiary/aromatic N) is 1. The van der Waals surface area contributed by atoms with Crippen LogP contribution in [0.1, 0.15) is 10.4 Å². The number of carbonyl (C=O) groups excluding carboxylic acids is 1. The first-order chi connectivity index (χ1) is 12.9. The fraction of sp³-hybridized carbons (Fsp3) is 0.111. The van der Waals surface area contributed by atoms with Gasteiger partial charge >= 0.3 is 0 Å².